The number of carbonyl (C=O) groups is 1. The van der Waals surface area contributed by atoms with E-state index in [1.54, 1.807) is 0 Å². The van der Waals surface area contributed by atoms with Gasteiger partial charge in [0, 0.05) is 6.92 Å². The van der Waals surface area contributed by atoms with Crippen LogP contribution in [0.25, 0.3) is 0 Å². The number of hydrogen-bond donors (Lipinski definition) is 1. The first-order chi connectivity index (χ1) is 6.70. The van der Waals surface area contributed by atoms with E-state index in [2.05, 4.69) is 16.5 Å². The zero-order chi connectivity index (χ0) is 10.8. The van der Waals surface area contributed by atoms with Crippen molar-refractivity contribution in [3.63, 3.8) is 0 Å². The Morgan fingerprint density at radius 2 is 2.07 bits per heavy atom. The summed E-state index contributed by atoms with van der Waals surface area (Å²) in [6.45, 7) is 3.84. The number of carbonyl (C=O) groups excluding carboxylic acids is 1. The molecule has 0 aromatic heterocycles. The fourth-order valence-corrected chi connectivity index (χ4v) is 0.875. The van der Waals surface area contributed by atoms with Gasteiger partial charge in [-0.1, -0.05) is 26.2 Å². The summed E-state index contributed by atoms with van der Waals surface area (Å²) in [7, 11) is 0. The van der Waals surface area contributed by atoms with Gasteiger partial charge in [-0.05, 0) is 6.42 Å². The first-order valence-corrected chi connectivity index (χ1v) is 4.84. The van der Waals surface area contributed by atoms with E-state index >= 15 is 0 Å². The SMILES string of the molecule is CCCCCCOC(=O)OC(C)OO. The predicted octanol–water partition coefficient (Wildman–Crippen LogP) is 2.56. The maximum absolute atomic E-state index is 10.8. The summed E-state index contributed by atoms with van der Waals surface area (Å²) in [5, 5.41) is 8.09. The molecule has 1 N–H and O–H groups in total. The highest BCUT2D eigenvalue weighted by Crippen LogP contribution is 2.00. The highest BCUT2D eigenvalue weighted by atomic mass is 17.1. The van der Waals surface area contributed by atoms with Crippen LogP contribution < -0.4 is 0 Å². The quantitative estimate of drug-likeness (QED) is 0.228. The van der Waals surface area contributed by atoms with E-state index in [1.807, 2.05) is 0 Å². The third-order valence-electron chi connectivity index (χ3n) is 1.63. The fourth-order valence-electron chi connectivity index (χ4n) is 0.875. The Morgan fingerprint density at radius 1 is 1.36 bits per heavy atom. The number of hydrogen-bond acceptors (Lipinski definition) is 5. The molecule has 0 spiro atoms. The molecule has 0 aliphatic carbocycles. The van der Waals surface area contributed by atoms with Gasteiger partial charge in [0.05, 0.1) is 6.61 Å². The van der Waals surface area contributed by atoms with Crippen LogP contribution in [0.2, 0.25) is 0 Å². The van der Waals surface area contributed by atoms with Gasteiger partial charge in [-0.2, -0.15) is 4.89 Å². The number of unbranched alkanes of at least 4 members (excludes halogenated alkanes) is 3. The molecule has 0 saturated heterocycles. The topological polar surface area (TPSA) is 65.0 Å². The molecule has 0 aliphatic rings. The molecule has 0 rings (SSSR count). The maximum atomic E-state index is 10.8. The zero-order valence-corrected chi connectivity index (χ0v) is 8.69. The Balaban J connectivity index is 3.27. The Kier molecular flexibility index (Phi) is 8.27. The number of rotatable bonds is 7. The van der Waals surface area contributed by atoms with Gasteiger partial charge >= 0.3 is 6.16 Å². The molecular weight excluding hydrogens is 188 g/mol. The number of ether oxygens (including phenoxy) is 2. The van der Waals surface area contributed by atoms with E-state index < -0.39 is 12.4 Å². The molecule has 0 fully saturated rings. The standard InChI is InChI=1S/C9H18O5/c1-3-4-5-6-7-12-9(10)13-8(2)14-11/h8,11H,3-7H2,1-2H3. The minimum Gasteiger partial charge on any atom is -0.434 e. The van der Waals surface area contributed by atoms with Crippen LogP contribution in [0.3, 0.4) is 0 Å². The first kappa shape index (κ1) is 13.2. The zero-order valence-electron chi connectivity index (χ0n) is 8.69. The van der Waals surface area contributed by atoms with Crippen molar-refractivity contribution in [3.8, 4) is 0 Å². The predicted molar refractivity (Wildman–Crippen MR) is 49.8 cm³/mol. The van der Waals surface area contributed by atoms with Crippen molar-refractivity contribution in [2.24, 2.45) is 0 Å². The van der Waals surface area contributed by atoms with Crippen LogP contribution in [0.5, 0.6) is 0 Å². The summed E-state index contributed by atoms with van der Waals surface area (Å²) in [6.07, 6.45) is 2.34. The Bertz CT molecular complexity index is 148. The Labute approximate surface area is 83.9 Å². The smallest absolute Gasteiger partial charge is 0.434 e. The lowest BCUT2D eigenvalue weighted by molar-refractivity contribution is -0.328. The molecule has 1 unspecified atom stereocenters. The highest BCUT2D eigenvalue weighted by Gasteiger charge is 2.09. The molecule has 0 heterocycles. The van der Waals surface area contributed by atoms with Gasteiger partial charge in [-0.25, -0.2) is 10.1 Å². The van der Waals surface area contributed by atoms with E-state index in [9.17, 15) is 4.79 Å². The van der Waals surface area contributed by atoms with Crippen LogP contribution in [-0.4, -0.2) is 24.3 Å². The lowest BCUT2D eigenvalue weighted by atomic mass is 10.2. The first-order valence-electron chi connectivity index (χ1n) is 4.84. The summed E-state index contributed by atoms with van der Waals surface area (Å²) in [5.74, 6) is 0. The van der Waals surface area contributed by atoms with E-state index in [0.29, 0.717) is 6.61 Å². The van der Waals surface area contributed by atoms with Crippen molar-refractivity contribution >= 4 is 6.16 Å². The Hall–Kier alpha value is -0.810. The highest BCUT2D eigenvalue weighted by molar-refractivity contribution is 5.59. The molecule has 14 heavy (non-hydrogen) atoms. The molecule has 1 atom stereocenters. The van der Waals surface area contributed by atoms with Gasteiger partial charge in [0.25, 0.3) is 0 Å². The lowest BCUT2D eigenvalue weighted by Crippen LogP contribution is -2.18. The molecule has 5 heteroatoms. The van der Waals surface area contributed by atoms with E-state index in [-0.39, 0.29) is 0 Å². The summed E-state index contributed by atoms with van der Waals surface area (Å²) in [6, 6.07) is 0. The second kappa shape index (κ2) is 8.77. The van der Waals surface area contributed by atoms with Gasteiger partial charge in [-0.15, -0.1) is 0 Å². The third kappa shape index (κ3) is 7.82. The van der Waals surface area contributed by atoms with Crippen molar-refractivity contribution in [1.82, 2.24) is 0 Å². The van der Waals surface area contributed by atoms with Crippen molar-refractivity contribution < 1.29 is 24.4 Å². The van der Waals surface area contributed by atoms with Crippen LogP contribution in [0.15, 0.2) is 0 Å². The lowest BCUT2D eigenvalue weighted by Gasteiger charge is -2.09. The minimum absolute atomic E-state index is 0.344. The molecule has 5 nitrogen and oxygen atoms in total. The molecule has 0 aromatic rings. The second-order valence-electron chi connectivity index (χ2n) is 2.95. The van der Waals surface area contributed by atoms with Gasteiger partial charge in [-0.3, -0.25) is 0 Å². The van der Waals surface area contributed by atoms with Gasteiger partial charge in [0.1, 0.15) is 0 Å². The maximum Gasteiger partial charge on any atom is 0.510 e. The van der Waals surface area contributed by atoms with Gasteiger partial charge in [0.2, 0.25) is 6.29 Å². The van der Waals surface area contributed by atoms with Crippen LogP contribution in [-0.2, 0) is 14.4 Å². The molecule has 0 amide bonds. The van der Waals surface area contributed by atoms with E-state index in [1.165, 1.54) is 6.92 Å². The minimum atomic E-state index is -0.988. The van der Waals surface area contributed by atoms with Crippen molar-refractivity contribution in [2.75, 3.05) is 6.61 Å². The normalized spacial score (nSPS) is 12.2. The van der Waals surface area contributed by atoms with E-state index in [4.69, 9.17) is 9.99 Å². The van der Waals surface area contributed by atoms with E-state index in [0.717, 1.165) is 25.7 Å². The average molecular weight is 206 g/mol. The summed E-state index contributed by atoms with van der Waals surface area (Å²) < 4.78 is 9.18. The van der Waals surface area contributed by atoms with Crippen LogP contribution >= 0.6 is 0 Å². The second-order valence-corrected chi connectivity index (χ2v) is 2.95. The summed E-state index contributed by atoms with van der Waals surface area (Å²) in [4.78, 5) is 14.6. The molecule has 0 bridgehead atoms. The molecule has 84 valence electrons. The largest absolute Gasteiger partial charge is 0.510 e. The Morgan fingerprint density at radius 3 is 2.64 bits per heavy atom. The van der Waals surface area contributed by atoms with Crippen molar-refractivity contribution in [2.45, 2.75) is 45.8 Å². The van der Waals surface area contributed by atoms with Crippen LogP contribution in [0.1, 0.15) is 39.5 Å². The van der Waals surface area contributed by atoms with Gasteiger partial charge < -0.3 is 9.47 Å². The molecule has 0 saturated carbocycles. The average Bonchev–Trinajstić information content (AvgIpc) is 2.17. The summed E-state index contributed by atoms with van der Waals surface area (Å²) >= 11 is 0. The van der Waals surface area contributed by atoms with Crippen LogP contribution in [0, 0.1) is 0 Å². The van der Waals surface area contributed by atoms with Gasteiger partial charge in [0.15, 0.2) is 0 Å². The molecule has 0 aliphatic heterocycles. The van der Waals surface area contributed by atoms with Crippen LogP contribution in [0.4, 0.5) is 4.79 Å². The third-order valence-corrected chi connectivity index (χ3v) is 1.63. The molecule has 0 radical (unpaired) electrons. The fraction of sp³-hybridized carbons (Fsp3) is 0.889. The molecule has 0 aromatic carbocycles. The monoisotopic (exact) mass is 206 g/mol. The molecular formula is C9H18O5. The van der Waals surface area contributed by atoms with Crippen molar-refractivity contribution in [3.05, 3.63) is 0 Å². The summed E-state index contributed by atoms with van der Waals surface area (Å²) in [5.41, 5.74) is 0. The van der Waals surface area contributed by atoms with Crippen molar-refractivity contribution in [1.29, 1.82) is 0 Å².